The largest absolute Gasteiger partial charge is 0.0654 e. The van der Waals surface area contributed by atoms with E-state index in [1.165, 1.54) is 56.1 Å². The second-order valence-electron chi connectivity index (χ2n) is 7.27. The van der Waals surface area contributed by atoms with Gasteiger partial charge in [0.15, 0.2) is 0 Å². The molecule has 0 atom stereocenters. The molecule has 0 saturated heterocycles. The zero-order valence-electron chi connectivity index (χ0n) is 15.0. The summed E-state index contributed by atoms with van der Waals surface area (Å²) in [6.07, 6.45) is 14.2. The van der Waals surface area contributed by atoms with Gasteiger partial charge in [-0.2, -0.15) is 0 Å². The van der Waals surface area contributed by atoms with Gasteiger partial charge in [0, 0.05) is 0 Å². The van der Waals surface area contributed by atoms with Gasteiger partial charge < -0.3 is 0 Å². The Kier molecular flexibility index (Phi) is 6.29. The predicted molar refractivity (Wildman–Crippen MR) is 106 cm³/mol. The summed E-state index contributed by atoms with van der Waals surface area (Å²) >= 11 is 0. The molecule has 0 N–H and O–H groups in total. The maximum atomic E-state index is 2.35. The summed E-state index contributed by atoms with van der Waals surface area (Å²) in [6, 6.07) is 19.8. The van der Waals surface area contributed by atoms with Crippen LogP contribution in [0, 0.1) is 5.92 Å². The molecule has 0 amide bonds. The molecular formula is C24H30. The third-order valence-corrected chi connectivity index (χ3v) is 5.49. The van der Waals surface area contributed by atoms with Crippen molar-refractivity contribution in [2.24, 2.45) is 5.92 Å². The molecule has 1 fully saturated rings. The van der Waals surface area contributed by atoms with Crippen molar-refractivity contribution < 1.29 is 0 Å². The molecule has 0 spiro atoms. The maximum absolute atomic E-state index is 2.35. The van der Waals surface area contributed by atoms with Gasteiger partial charge in [-0.3, -0.25) is 0 Å². The zero-order valence-corrected chi connectivity index (χ0v) is 15.0. The summed E-state index contributed by atoms with van der Waals surface area (Å²) in [5.41, 5.74) is 4.09. The number of hydrogen-bond donors (Lipinski definition) is 0. The van der Waals surface area contributed by atoms with Crippen LogP contribution in [0.3, 0.4) is 0 Å². The van der Waals surface area contributed by atoms with Crippen LogP contribution in [-0.4, -0.2) is 0 Å². The lowest BCUT2D eigenvalue weighted by atomic mass is 9.77. The topological polar surface area (TPSA) is 0 Å². The van der Waals surface area contributed by atoms with Crippen molar-refractivity contribution in [1.82, 2.24) is 0 Å². The first kappa shape index (κ1) is 17.0. The standard InChI is InChI=1S/C24H30/c1-2-3-7-21-12-16-23(17-13-21)24-18-14-22(15-19-24)11-10-20-8-5-4-6-9-20/h4-6,8-11,14-15,18-19,21,23H,2-3,7,12-13,16-17H2,1H3/b11-10+. The summed E-state index contributed by atoms with van der Waals surface area (Å²) in [4.78, 5) is 0. The van der Waals surface area contributed by atoms with Gasteiger partial charge >= 0.3 is 0 Å². The van der Waals surface area contributed by atoms with Crippen LogP contribution in [0.1, 0.15) is 74.5 Å². The maximum Gasteiger partial charge on any atom is -0.0162 e. The van der Waals surface area contributed by atoms with Crippen LogP contribution in [0.2, 0.25) is 0 Å². The minimum absolute atomic E-state index is 0.787. The van der Waals surface area contributed by atoms with Crippen LogP contribution < -0.4 is 0 Å². The Morgan fingerprint density at radius 3 is 2.04 bits per heavy atom. The minimum Gasteiger partial charge on any atom is -0.0654 e. The molecule has 0 aliphatic heterocycles. The number of unbranched alkanes of at least 4 members (excludes halogenated alkanes) is 1. The van der Waals surface area contributed by atoms with Crippen molar-refractivity contribution in [3.63, 3.8) is 0 Å². The fourth-order valence-electron chi connectivity index (χ4n) is 3.91. The van der Waals surface area contributed by atoms with Crippen molar-refractivity contribution in [3.8, 4) is 0 Å². The summed E-state index contributed by atoms with van der Waals surface area (Å²) < 4.78 is 0. The Labute approximate surface area is 147 Å². The van der Waals surface area contributed by atoms with E-state index in [1.807, 2.05) is 0 Å². The van der Waals surface area contributed by atoms with Gasteiger partial charge in [-0.1, -0.05) is 92.9 Å². The molecule has 3 rings (SSSR count). The summed E-state index contributed by atoms with van der Waals surface area (Å²) in [5.74, 6) is 1.78. The van der Waals surface area contributed by atoms with Crippen LogP contribution in [0.4, 0.5) is 0 Å². The molecule has 0 heteroatoms. The van der Waals surface area contributed by atoms with Crippen LogP contribution in [0.25, 0.3) is 12.2 Å². The van der Waals surface area contributed by atoms with Crippen molar-refractivity contribution in [2.75, 3.05) is 0 Å². The molecule has 0 radical (unpaired) electrons. The third-order valence-electron chi connectivity index (χ3n) is 5.49. The second kappa shape index (κ2) is 8.87. The SMILES string of the molecule is CCCCC1CCC(c2ccc(/C=C/c3ccccc3)cc2)CC1. The summed E-state index contributed by atoms with van der Waals surface area (Å²) in [7, 11) is 0. The highest BCUT2D eigenvalue weighted by Crippen LogP contribution is 2.37. The van der Waals surface area contributed by atoms with Gasteiger partial charge in [-0.05, 0) is 54.2 Å². The first-order chi connectivity index (χ1) is 11.8. The minimum atomic E-state index is 0.787. The lowest BCUT2D eigenvalue weighted by Crippen LogP contribution is -2.13. The lowest BCUT2D eigenvalue weighted by Gasteiger charge is -2.28. The Morgan fingerprint density at radius 2 is 1.42 bits per heavy atom. The molecule has 24 heavy (non-hydrogen) atoms. The highest BCUT2D eigenvalue weighted by Gasteiger charge is 2.21. The molecule has 0 bridgehead atoms. The van der Waals surface area contributed by atoms with E-state index in [4.69, 9.17) is 0 Å². The van der Waals surface area contributed by atoms with Crippen LogP contribution >= 0.6 is 0 Å². The first-order valence-corrected chi connectivity index (χ1v) is 9.68. The Balaban J connectivity index is 1.54. The molecule has 1 aliphatic rings. The van der Waals surface area contributed by atoms with E-state index in [9.17, 15) is 0 Å². The zero-order chi connectivity index (χ0) is 16.6. The highest BCUT2D eigenvalue weighted by molar-refractivity contribution is 5.69. The Hall–Kier alpha value is -1.82. The molecule has 0 aromatic heterocycles. The predicted octanol–water partition coefficient (Wildman–Crippen LogP) is 7.32. The molecule has 1 aliphatic carbocycles. The fourth-order valence-corrected chi connectivity index (χ4v) is 3.91. The molecule has 0 heterocycles. The van der Waals surface area contributed by atoms with Gasteiger partial charge in [-0.25, -0.2) is 0 Å². The molecule has 2 aromatic carbocycles. The molecule has 0 unspecified atom stereocenters. The smallest absolute Gasteiger partial charge is 0.0162 e. The van der Waals surface area contributed by atoms with Crippen molar-refractivity contribution >= 4 is 12.2 Å². The normalized spacial score (nSPS) is 21.2. The number of rotatable bonds is 6. The van der Waals surface area contributed by atoms with E-state index < -0.39 is 0 Å². The van der Waals surface area contributed by atoms with Crippen molar-refractivity contribution in [3.05, 3.63) is 71.3 Å². The second-order valence-corrected chi connectivity index (χ2v) is 7.27. The molecule has 2 aromatic rings. The van der Waals surface area contributed by atoms with E-state index in [0.29, 0.717) is 0 Å². The van der Waals surface area contributed by atoms with Gasteiger partial charge in [0.25, 0.3) is 0 Å². The highest BCUT2D eigenvalue weighted by atomic mass is 14.3. The molecule has 1 saturated carbocycles. The van der Waals surface area contributed by atoms with E-state index in [0.717, 1.165) is 11.8 Å². The van der Waals surface area contributed by atoms with Crippen LogP contribution in [-0.2, 0) is 0 Å². The molecule has 0 nitrogen and oxygen atoms in total. The van der Waals surface area contributed by atoms with E-state index in [2.05, 4.69) is 73.7 Å². The van der Waals surface area contributed by atoms with Crippen molar-refractivity contribution in [1.29, 1.82) is 0 Å². The Bertz CT molecular complexity index is 613. The summed E-state index contributed by atoms with van der Waals surface area (Å²) in [6.45, 7) is 2.30. The third kappa shape index (κ3) is 4.84. The van der Waals surface area contributed by atoms with Crippen LogP contribution in [0.15, 0.2) is 54.6 Å². The number of hydrogen-bond acceptors (Lipinski definition) is 0. The molecule has 126 valence electrons. The van der Waals surface area contributed by atoms with Gasteiger partial charge in [0.2, 0.25) is 0 Å². The monoisotopic (exact) mass is 318 g/mol. The lowest BCUT2D eigenvalue weighted by molar-refractivity contribution is 0.304. The average molecular weight is 319 g/mol. The van der Waals surface area contributed by atoms with Gasteiger partial charge in [0.05, 0.1) is 0 Å². The van der Waals surface area contributed by atoms with Crippen LogP contribution in [0.5, 0.6) is 0 Å². The average Bonchev–Trinajstić information content (AvgIpc) is 2.66. The molecular weight excluding hydrogens is 288 g/mol. The van der Waals surface area contributed by atoms with E-state index >= 15 is 0 Å². The first-order valence-electron chi connectivity index (χ1n) is 9.68. The quantitative estimate of drug-likeness (QED) is 0.489. The van der Waals surface area contributed by atoms with Crippen molar-refractivity contribution in [2.45, 2.75) is 57.8 Å². The Morgan fingerprint density at radius 1 is 0.792 bits per heavy atom. The van der Waals surface area contributed by atoms with Gasteiger partial charge in [0.1, 0.15) is 0 Å². The number of benzene rings is 2. The van der Waals surface area contributed by atoms with E-state index in [1.54, 1.807) is 5.56 Å². The van der Waals surface area contributed by atoms with E-state index in [-0.39, 0.29) is 0 Å². The summed E-state index contributed by atoms with van der Waals surface area (Å²) in [5, 5.41) is 0. The van der Waals surface area contributed by atoms with Gasteiger partial charge in [-0.15, -0.1) is 0 Å². The fraction of sp³-hybridized carbons (Fsp3) is 0.417.